The van der Waals surface area contributed by atoms with Gasteiger partial charge in [0, 0.05) is 35.8 Å². The number of hydrogen-bond donors (Lipinski definition) is 3. The highest BCUT2D eigenvalue weighted by Gasteiger charge is 2.32. The molecule has 7 nitrogen and oxygen atoms in total. The van der Waals surface area contributed by atoms with E-state index in [0.29, 0.717) is 24.0 Å². The number of aryl methyl sites for hydroxylation is 1. The Kier molecular flexibility index (Phi) is 5.99. The predicted molar refractivity (Wildman–Crippen MR) is 139 cm³/mol. The summed E-state index contributed by atoms with van der Waals surface area (Å²) < 4.78 is 15.8. The third kappa shape index (κ3) is 4.17. The molecule has 184 valence electrons. The molecule has 1 atom stereocenters. The number of fused-ring (bicyclic) bond motifs is 3. The Morgan fingerprint density at radius 1 is 1.11 bits per heavy atom. The van der Waals surface area contributed by atoms with E-state index in [9.17, 15) is 14.4 Å². The molecule has 4 heterocycles. The van der Waals surface area contributed by atoms with E-state index >= 15 is 0 Å². The van der Waals surface area contributed by atoms with Gasteiger partial charge < -0.3 is 15.4 Å². The Bertz CT molecular complexity index is 1440. The Morgan fingerprint density at radius 3 is 2.81 bits per heavy atom. The van der Waals surface area contributed by atoms with Crippen LogP contribution in [-0.4, -0.2) is 49.2 Å². The van der Waals surface area contributed by atoms with E-state index in [0.717, 1.165) is 58.7 Å². The van der Waals surface area contributed by atoms with Crippen LogP contribution in [0.2, 0.25) is 0 Å². The van der Waals surface area contributed by atoms with Crippen molar-refractivity contribution in [3.63, 3.8) is 0 Å². The largest absolute Gasteiger partial charge is 0.489 e. The van der Waals surface area contributed by atoms with Gasteiger partial charge in [-0.2, -0.15) is 4.98 Å². The van der Waals surface area contributed by atoms with Gasteiger partial charge in [-0.3, -0.25) is 9.47 Å². The smallest absolute Gasteiger partial charge is 0.423 e. The van der Waals surface area contributed by atoms with Gasteiger partial charge in [-0.25, -0.2) is 9.37 Å². The Balaban J connectivity index is 1.46. The van der Waals surface area contributed by atoms with E-state index in [1.165, 1.54) is 31.4 Å². The lowest BCUT2D eigenvalue weighted by Gasteiger charge is -2.40. The molecule has 0 saturated carbocycles. The van der Waals surface area contributed by atoms with Crippen molar-refractivity contribution in [2.75, 3.05) is 11.9 Å². The normalized spacial score (nSPS) is 17.6. The highest BCUT2D eigenvalue weighted by atomic mass is 19.1. The summed E-state index contributed by atoms with van der Waals surface area (Å²) in [6, 6.07) is 14.5. The van der Waals surface area contributed by atoms with Crippen LogP contribution in [0.15, 0.2) is 48.5 Å². The van der Waals surface area contributed by atoms with Crippen LogP contribution in [0.3, 0.4) is 0 Å². The summed E-state index contributed by atoms with van der Waals surface area (Å²) >= 11 is 0. The van der Waals surface area contributed by atoms with Crippen LogP contribution in [0, 0.1) is 12.7 Å². The van der Waals surface area contributed by atoms with Gasteiger partial charge in [0.2, 0.25) is 5.95 Å². The summed E-state index contributed by atoms with van der Waals surface area (Å²) in [6.07, 6.45) is 4.53. The van der Waals surface area contributed by atoms with Crippen LogP contribution in [0.25, 0.3) is 16.9 Å². The summed E-state index contributed by atoms with van der Waals surface area (Å²) in [5, 5.41) is 24.0. The molecule has 4 aromatic rings. The van der Waals surface area contributed by atoms with Crippen molar-refractivity contribution in [1.29, 1.82) is 0 Å². The molecule has 0 amide bonds. The van der Waals surface area contributed by atoms with Gasteiger partial charge in [-0.15, -0.1) is 0 Å². The van der Waals surface area contributed by atoms with E-state index in [2.05, 4.69) is 10.2 Å². The van der Waals surface area contributed by atoms with Crippen LogP contribution in [0.5, 0.6) is 0 Å². The molecule has 36 heavy (non-hydrogen) atoms. The summed E-state index contributed by atoms with van der Waals surface area (Å²) in [5.74, 6) is 1.07. The van der Waals surface area contributed by atoms with Gasteiger partial charge in [-0.05, 0) is 68.0 Å². The summed E-state index contributed by atoms with van der Waals surface area (Å²) in [7, 11) is -1.56. The fourth-order valence-corrected chi connectivity index (χ4v) is 5.75. The van der Waals surface area contributed by atoms with Crippen LogP contribution < -0.4 is 10.8 Å². The minimum atomic E-state index is -1.56. The molecule has 0 aliphatic carbocycles. The molecule has 9 heteroatoms. The van der Waals surface area contributed by atoms with E-state index in [-0.39, 0.29) is 5.82 Å². The van der Waals surface area contributed by atoms with Crippen LogP contribution in [0.1, 0.15) is 41.8 Å². The molecular formula is C27H29BFN5O2. The van der Waals surface area contributed by atoms with E-state index in [4.69, 9.17) is 9.97 Å². The second-order valence-corrected chi connectivity index (χ2v) is 9.88. The maximum Gasteiger partial charge on any atom is 0.489 e. The maximum absolute atomic E-state index is 13.8. The molecular weight excluding hydrogens is 456 g/mol. The van der Waals surface area contributed by atoms with Crippen LogP contribution in [-0.2, 0) is 19.5 Å². The SMILES string of the molecule is Cc1cc2c(B(O)O)cccc2n1-c1nc2c(c(NCc3cccc(F)c3)n1)CC1CCCCN1C2. The monoisotopic (exact) mass is 485 g/mol. The Morgan fingerprint density at radius 2 is 1.97 bits per heavy atom. The van der Waals surface area contributed by atoms with Crippen LogP contribution in [0.4, 0.5) is 10.2 Å². The van der Waals surface area contributed by atoms with E-state index in [1.54, 1.807) is 12.1 Å². The fourth-order valence-electron chi connectivity index (χ4n) is 5.75. The number of halogens is 1. The number of nitrogens with zero attached hydrogens (tertiary/aromatic N) is 4. The first-order valence-corrected chi connectivity index (χ1v) is 12.6. The quantitative estimate of drug-likeness (QED) is 0.377. The van der Waals surface area contributed by atoms with Crippen molar-refractivity contribution in [3.8, 4) is 5.95 Å². The summed E-state index contributed by atoms with van der Waals surface area (Å²) in [5.41, 5.74) is 5.18. The van der Waals surface area contributed by atoms with Crippen molar-refractivity contribution in [1.82, 2.24) is 19.4 Å². The van der Waals surface area contributed by atoms with Crippen molar-refractivity contribution in [2.45, 2.75) is 51.7 Å². The molecule has 2 aliphatic heterocycles. The third-order valence-electron chi connectivity index (χ3n) is 7.51. The first-order valence-electron chi connectivity index (χ1n) is 12.6. The zero-order valence-electron chi connectivity index (χ0n) is 20.3. The highest BCUT2D eigenvalue weighted by molar-refractivity contribution is 6.61. The van der Waals surface area contributed by atoms with Crippen molar-refractivity contribution in [3.05, 3.63) is 76.9 Å². The zero-order valence-corrected chi connectivity index (χ0v) is 20.3. The van der Waals surface area contributed by atoms with Crippen molar-refractivity contribution in [2.24, 2.45) is 0 Å². The van der Waals surface area contributed by atoms with Gasteiger partial charge in [0.25, 0.3) is 0 Å². The number of rotatable bonds is 5. The molecule has 1 fully saturated rings. The third-order valence-corrected chi connectivity index (χ3v) is 7.51. The van der Waals surface area contributed by atoms with Crippen molar-refractivity contribution < 1.29 is 14.4 Å². The fraction of sp³-hybridized carbons (Fsp3) is 0.333. The number of benzene rings is 2. The summed E-state index contributed by atoms with van der Waals surface area (Å²) in [6.45, 7) is 4.29. The number of nitrogens with one attached hydrogen (secondary N) is 1. The van der Waals surface area contributed by atoms with Gasteiger partial charge in [0.05, 0.1) is 11.2 Å². The Labute approximate surface area is 209 Å². The van der Waals surface area contributed by atoms with Crippen molar-refractivity contribution >= 4 is 29.3 Å². The predicted octanol–water partition coefficient (Wildman–Crippen LogP) is 3.07. The van der Waals surface area contributed by atoms with Gasteiger partial charge in [0.15, 0.2) is 0 Å². The lowest BCUT2D eigenvalue weighted by molar-refractivity contribution is 0.125. The number of piperidine rings is 1. The molecule has 0 bridgehead atoms. The van der Waals surface area contributed by atoms with Crippen LogP contribution >= 0.6 is 0 Å². The Hall–Kier alpha value is -3.27. The molecule has 1 unspecified atom stereocenters. The van der Waals surface area contributed by atoms with Gasteiger partial charge >= 0.3 is 7.12 Å². The first-order chi connectivity index (χ1) is 17.5. The first kappa shape index (κ1) is 23.2. The molecule has 2 aromatic heterocycles. The lowest BCUT2D eigenvalue weighted by atomic mass is 9.78. The number of anilines is 1. The summed E-state index contributed by atoms with van der Waals surface area (Å²) in [4.78, 5) is 12.6. The molecule has 0 spiro atoms. The topological polar surface area (TPSA) is 86.4 Å². The molecule has 3 N–H and O–H groups in total. The number of hydrogen-bond acceptors (Lipinski definition) is 6. The molecule has 2 aromatic carbocycles. The maximum atomic E-state index is 13.8. The zero-order chi connectivity index (χ0) is 24.8. The molecule has 2 aliphatic rings. The average Bonchev–Trinajstić information content (AvgIpc) is 3.21. The van der Waals surface area contributed by atoms with Gasteiger partial charge in [-0.1, -0.05) is 30.7 Å². The standard InChI is InChI=1S/C27H29BFN5O2/c1-17-12-21-23(28(35)36)9-5-10-25(21)34(17)27-31-24-16-33-11-3-2-8-20(33)14-22(24)26(32-27)30-15-18-6-4-7-19(29)13-18/h4-7,9-10,12-13,20,35-36H,2-3,8,11,14-16H2,1H3,(H,30,31,32). The second-order valence-electron chi connectivity index (χ2n) is 9.88. The number of aromatic nitrogens is 3. The molecule has 1 saturated heterocycles. The van der Waals surface area contributed by atoms with E-state index in [1.807, 2.05) is 35.8 Å². The molecule has 0 radical (unpaired) electrons. The average molecular weight is 485 g/mol. The molecule has 6 rings (SSSR count). The van der Waals surface area contributed by atoms with E-state index < -0.39 is 7.12 Å². The minimum Gasteiger partial charge on any atom is -0.423 e. The second kappa shape index (κ2) is 9.31. The lowest BCUT2D eigenvalue weighted by Crippen LogP contribution is -2.44. The highest BCUT2D eigenvalue weighted by Crippen LogP contribution is 2.33. The minimum absolute atomic E-state index is 0.256. The van der Waals surface area contributed by atoms with Gasteiger partial charge in [0.1, 0.15) is 11.6 Å².